The summed E-state index contributed by atoms with van der Waals surface area (Å²) in [5.74, 6) is 1.07. The van der Waals surface area contributed by atoms with Crippen molar-refractivity contribution in [2.45, 2.75) is 19.9 Å². The summed E-state index contributed by atoms with van der Waals surface area (Å²) in [6.45, 7) is 3.25. The van der Waals surface area contributed by atoms with Gasteiger partial charge < -0.3 is 9.52 Å². The van der Waals surface area contributed by atoms with Gasteiger partial charge in [-0.15, -0.1) is 0 Å². The number of furan rings is 1. The van der Waals surface area contributed by atoms with E-state index in [1.54, 1.807) is 43.3 Å². The highest BCUT2D eigenvalue weighted by atomic mass is 79.9. The van der Waals surface area contributed by atoms with Crippen molar-refractivity contribution in [1.29, 1.82) is 0 Å². The van der Waals surface area contributed by atoms with Gasteiger partial charge in [-0.05, 0) is 61.9 Å². The van der Waals surface area contributed by atoms with E-state index < -0.39 is 6.04 Å². The molecule has 3 heterocycles. The van der Waals surface area contributed by atoms with Crippen molar-refractivity contribution in [3.05, 3.63) is 107 Å². The molecule has 5 rings (SSSR count). The molecule has 1 atom stereocenters. The number of aromatic nitrogens is 1. The highest BCUT2D eigenvalue weighted by molar-refractivity contribution is 9.10. The van der Waals surface area contributed by atoms with Gasteiger partial charge in [0.15, 0.2) is 10.6 Å². The van der Waals surface area contributed by atoms with Crippen molar-refractivity contribution in [3.8, 4) is 17.1 Å². The van der Waals surface area contributed by atoms with Crippen LogP contribution >= 0.6 is 27.3 Å². The second-order valence-corrected chi connectivity index (χ2v) is 9.87. The molecule has 0 bridgehead atoms. The molecule has 2 aromatic heterocycles. The van der Waals surface area contributed by atoms with Crippen LogP contribution < -0.4 is 14.9 Å². The van der Waals surface area contributed by atoms with Gasteiger partial charge in [0.2, 0.25) is 0 Å². The first-order valence-corrected chi connectivity index (χ1v) is 12.1. The molecule has 0 unspecified atom stereocenters. The molecule has 0 saturated heterocycles. The van der Waals surface area contributed by atoms with Crippen LogP contribution in [0, 0.1) is 0 Å². The maximum Gasteiger partial charge on any atom is 0.271 e. The molecule has 0 amide bonds. The molecule has 1 aliphatic rings. The number of hydrogen-bond donors (Lipinski definition) is 1. The Kier molecular flexibility index (Phi) is 5.71. The smallest absolute Gasteiger partial charge is 0.271 e. The van der Waals surface area contributed by atoms with Crippen molar-refractivity contribution < 1.29 is 14.3 Å². The zero-order chi connectivity index (χ0) is 24.0. The van der Waals surface area contributed by atoms with Crippen molar-refractivity contribution in [3.63, 3.8) is 0 Å². The van der Waals surface area contributed by atoms with Crippen LogP contribution in [0.2, 0.25) is 0 Å². The van der Waals surface area contributed by atoms with Crippen LogP contribution in [0.1, 0.15) is 31.2 Å². The minimum Gasteiger partial charge on any atom is -0.508 e. The number of thiazole rings is 1. The normalized spacial score (nSPS) is 15.9. The Morgan fingerprint density at radius 1 is 1.18 bits per heavy atom. The Bertz CT molecular complexity index is 1640. The maximum absolute atomic E-state index is 13.5. The summed E-state index contributed by atoms with van der Waals surface area (Å²) < 4.78 is 9.12. The molecule has 6 nitrogen and oxygen atoms in total. The van der Waals surface area contributed by atoms with Crippen LogP contribution in [0.25, 0.3) is 17.4 Å². The third-order valence-corrected chi connectivity index (χ3v) is 7.11. The number of carbonyl (C=O) groups is 1. The lowest BCUT2D eigenvalue weighted by molar-refractivity contribution is -0.114. The summed E-state index contributed by atoms with van der Waals surface area (Å²) in [5.41, 5.74) is 2.29. The van der Waals surface area contributed by atoms with Gasteiger partial charge in [0.25, 0.3) is 5.56 Å². The van der Waals surface area contributed by atoms with Gasteiger partial charge in [-0.1, -0.05) is 51.5 Å². The van der Waals surface area contributed by atoms with Gasteiger partial charge in [-0.3, -0.25) is 14.2 Å². The molecule has 8 heteroatoms. The summed E-state index contributed by atoms with van der Waals surface area (Å²) in [7, 11) is 0. The summed E-state index contributed by atoms with van der Waals surface area (Å²) in [6, 6.07) is 17.3. The van der Waals surface area contributed by atoms with Crippen LogP contribution in [0.4, 0.5) is 0 Å². The van der Waals surface area contributed by atoms with E-state index in [2.05, 4.69) is 20.9 Å². The molecule has 2 aromatic carbocycles. The number of ketones is 1. The van der Waals surface area contributed by atoms with E-state index in [4.69, 9.17) is 4.42 Å². The molecular formula is C26H19BrN2O4S. The average Bonchev–Trinajstić information content (AvgIpc) is 3.39. The first kappa shape index (κ1) is 22.3. The van der Waals surface area contributed by atoms with E-state index in [1.165, 1.54) is 22.8 Å². The number of nitrogens with zero attached hydrogens (tertiary/aromatic N) is 2. The molecule has 0 spiro atoms. The second-order valence-electron chi connectivity index (χ2n) is 7.94. The zero-order valence-corrected chi connectivity index (χ0v) is 20.7. The molecule has 0 radical (unpaired) electrons. The molecule has 4 aromatic rings. The standard InChI is InChI=1S/C26H19BrN2O4S/c1-14-23(15(2)30)24(21-11-10-20(33-21)17-6-8-18(27)9-7-17)29-25(32)22(34-26(29)28-14)13-16-4-3-5-19(31)12-16/h3-13,24,31H,1-2H3/b22-13+/t24-/m1/s1. The lowest BCUT2D eigenvalue weighted by Crippen LogP contribution is -2.39. The summed E-state index contributed by atoms with van der Waals surface area (Å²) in [5, 5.41) is 9.78. The minimum absolute atomic E-state index is 0.116. The van der Waals surface area contributed by atoms with Crippen molar-refractivity contribution in [2.24, 2.45) is 4.99 Å². The molecule has 1 N–H and O–H groups in total. The summed E-state index contributed by atoms with van der Waals surface area (Å²) >= 11 is 4.67. The number of halogens is 1. The molecular weight excluding hydrogens is 516 g/mol. The predicted molar refractivity (Wildman–Crippen MR) is 134 cm³/mol. The van der Waals surface area contributed by atoms with E-state index in [0.29, 0.717) is 37.7 Å². The third-order valence-electron chi connectivity index (χ3n) is 5.59. The maximum atomic E-state index is 13.5. The highest BCUT2D eigenvalue weighted by Gasteiger charge is 2.33. The molecule has 1 aliphatic heterocycles. The predicted octanol–water partition coefficient (Wildman–Crippen LogP) is 4.55. The summed E-state index contributed by atoms with van der Waals surface area (Å²) in [4.78, 5) is 31.2. The molecule has 0 fully saturated rings. The van der Waals surface area contributed by atoms with Gasteiger partial charge in [-0.2, -0.15) is 0 Å². The number of fused-ring (bicyclic) bond motifs is 1. The lowest BCUT2D eigenvalue weighted by Gasteiger charge is -2.22. The number of carbonyl (C=O) groups excluding carboxylic acids is 1. The van der Waals surface area contributed by atoms with Gasteiger partial charge in [0.05, 0.1) is 4.53 Å². The van der Waals surface area contributed by atoms with Gasteiger partial charge in [0, 0.05) is 21.3 Å². The van der Waals surface area contributed by atoms with Crippen LogP contribution in [0.3, 0.4) is 0 Å². The van der Waals surface area contributed by atoms with Crippen LogP contribution in [0.15, 0.2) is 90.6 Å². The zero-order valence-electron chi connectivity index (χ0n) is 18.3. The Balaban J connectivity index is 1.69. The quantitative estimate of drug-likeness (QED) is 0.416. The Morgan fingerprint density at radius 3 is 2.65 bits per heavy atom. The number of Topliss-reactive ketones (excluding diaryl/α,β-unsaturated/α-hetero) is 1. The van der Waals surface area contributed by atoms with E-state index in [9.17, 15) is 14.7 Å². The van der Waals surface area contributed by atoms with Crippen LogP contribution in [-0.2, 0) is 4.79 Å². The number of phenols is 1. The van der Waals surface area contributed by atoms with E-state index in [1.807, 2.05) is 30.3 Å². The van der Waals surface area contributed by atoms with Crippen molar-refractivity contribution in [1.82, 2.24) is 4.57 Å². The Hall–Kier alpha value is -3.49. The topological polar surface area (TPSA) is 84.8 Å². The molecule has 0 aliphatic carbocycles. The van der Waals surface area contributed by atoms with Gasteiger partial charge >= 0.3 is 0 Å². The van der Waals surface area contributed by atoms with E-state index in [0.717, 1.165) is 10.0 Å². The van der Waals surface area contributed by atoms with Gasteiger partial charge in [-0.25, -0.2) is 4.99 Å². The van der Waals surface area contributed by atoms with Crippen LogP contribution in [-0.4, -0.2) is 15.5 Å². The number of rotatable bonds is 4. The SMILES string of the molecule is CC(=O)C1=C(C)N=c2s/c(=C/c3cccc(O)c3)c(=O)n2[C@@H]1c1ccc(-c2ccc(Br)cc2)o1. The van der Waals surface area contributed by atoms with Crippen LogP contribution in [0.5, 0.6) is 5.75 Å². The molecule has 0 saturated carbocycles. The third kappa shape index (κ3) is 3.99. The molecule has 170 valence electrons. The number of aromatic hydroxyl groups is 1. The first-order valence-electron chi connectivity index (χ1n) is 10.5. The fourth-order valence-electron chi connectivity index (χ4n) is 4.07. The second kappa shape index (κ2) is 8.70. The Labute approximate surface area is 207 Å². The fourth-order valence-corrected chi connectivity index (χ4v) is 5.39. The van der Waals surface area contributed by atoms with E-state index >= 15 is 0 Å². The van der Waals surface area contributed by atoms with Gasteiger partial charge in [0.1, 0.15) is 23.3 Å². The Morgan fingerprint density at radius 2 is 1.94 bits per heavy atom. The number of hydrogen-bond acceptors (Lipinski definition) is 6. The first-order chi connectivity index (χ1) is 16.3. The monoisotopic (exact) mass is 534 g/mol. The molecule has 34 heavy (non-hydrogen) atoms. The highest BCUT2D eigenvalue weighted by Crippen LogP contribution is 2.34. The number of benzene rings is 2. The number of phenolic OH excluding ortho intramolecular Hbond substituents is 1. The van der Waals surface area contributed by atoms with E-state index in [-0.39, 0.29) is 17.1 Å². The lowest BCUT2D eigenvalue weighted by atomic mass is 9.98. The largest absolute Gasteiger partial charge is 0.508 e. The van der Waals surface area contributed by atoms with Crippen molar-refractivity contribution in [2.75, 3.05) is 0 Å². The summed E-state index contributed by atoms with van der Waals surface area (Å²) in [6.07, 6.45) is 1.71. The number of allylic oxidation sites excluding steroid dienone is 2. The fraction of sp³-hybridized carbons (Fsp3) is 0.115. The minimum atomic E-state index is -0.718. The van der Waals surface area contributed by atoms with Crippen molar-refractivity contribution >= 4 is 39.1 Å². The average molecular weight is 535 g/mol.